The molecule has 1 aliphatic carbocycles. The summed E-state index contributed by atoms with van der Waals surface area (Å²) in [6, 6.07) is -0.759. The molecule has 3 fully saturated rings. The predicted octanol–water partition coefficient (Wildman–Crippen LogP) is 3.72. The summed E-state index contributed by atoms with van der Waals surface area (Å²) in [5.41, 5.74) is 3.23. The number of amides is 2. The largest absolute Gasteiger partial charge is 0.480 e. The highest BCUT2D eigenvalue weighted by atomic mass is 16.7. The monoisotopic (exact) mass is 537 g/mol. The minimum atomic E-state index is -1.35. The van der Waals surface area contributed by atoms with Gasteiger partial charge in [-0.25, -0.2) is 4.79 Å². The summed E-state index contributed by atoms with van der Waals surface area (Å²) in [7, 11) is -0.348. The highest BCUT2D eigenvalue weighted by Gasteiger charge is 2.56. The molecule has 38 heavy (non-hydrogen) atoms. The molecule has 4 atom stereocenters. The van der Waals surface area contributed by atoms with E-state index in [-0.39, 0.29) is 18.9 Å². The molecular formula is C27H48BN3O7. The Morgan fingerprint density at radius 2 is 1.74 bits per heavy atom. The molecule has 2 aliphatic heterocycles. The van der Waals surface area contributed by atoms with Crippen molar-refractivity contribution < 1.29 is 33.5 Å². The molecule has 3 rings (SSSR count). The maximum atomic E-state index is 13.5. The van der Waals surface area contributed by atoms with Gasteiger partial charge in [0.25, 0.3) is 0 Å². The van der Waals surface area contributed by atoms with E-state index in [4.69, 9.17) is 19.8 Å². The quantitative estimate of drug-likeness (QED) is 0.418. The van der Waals surface area contributed by atoms with Crippen LogP contribution in [0.5, 0.6) is 0 Å². The van der Waals surface area contributed by atoms with Gasteiger partial charge < -0.3 is 35.1 Å². The fourth-order valence-electron chi connectivity index (χ4n) is 6.18. The summed E-state index contributed by atoms with van der Waals surface area (Å²) in [5.74, 6) is -1.48. The van der Waals surface area contributed by atoms with E-state index in [0.29, 0.717) is 45.0 Å². The zero-order chi connectivity index (χ0) is 28.7. The maximum Gasteiger partial charge on any atom is 0.457 e. The van der Waals surface area contributed by atoms with Crippen molar-refractivity contribution in [3.05, 3.63) is 0 Å². The fraction of sp³-hybridized carbons (Fsp3) is 0.889. The second-order valence-corrected chi connectivity index (χ2v) is 13.5. The first-order valence-corrected chi connectivity index (χ1v) is 14.0. The van der Waals surface area contributed by atoms with Crippen LogP contribution in [0.3, 0.4) is 0 Å². The van der Waals surface area contributed by atoms with Crippen LogP contribution in [-0.4, -0.2) is 75.6 Å². The van der Waals surface area contributed by atoms with Gasteiger partial charge in [-0.15, -0.1) is 0 Å². The second kappa shape index (κ2) is 10.6. The summed E-state index contributed by atoms with van der Waals surface area (Å²) < 4.78 is 17.5. The van der Waals surface area contributed by atoms with Crippen molar-refractivity contribution in [1.29, 1.82) is 0 Å². The van der Waals surface area contributed by atoms with Gasteiger partial charge in [0.15, 0.2) is 0 Å². The van der Waals surface area contributed by atoms with Crippen molar-refractivity contribution in [3.63, 3.8) is 0 Å². The minimum absolute atomic E-state index is 0.177. The predicted molar refractivity (Wildman–Crippen MR) is 145 cm³/mol. The molecule has 0 aromatic rings. The number of likely N-dealkylation sites (tertiary alicyclic amines) is 1. The number of ether oxygens (including phenoxy) is 1. The summed E-state index contributed by atoms with van der Waals surface area (Å²) in [4.78, 5) is 40.0. The lowest BCUT2D eigenvalue weighted by Crippen LogP contribution is -2.64. The van der Waals surface area contributed by atoms with E-state index >= 15 is 0 Å². The molecule has 10 nitrogen and oxygen atoms in total. The van der Waals surface area contributed by atoms with Crippen LogP contribution in [0.15, 0.2) is 0 Å². The number of carboxylic acid groups (broad SMARTS) is 1. The van der Waals surface area contributed by atoms with Crippen molar-refractivity contribution in [2.45, 2.75) is 141 Å². The number of rotatable bonds is 7. The van der Waals surface area contributed by atoms with Crippen LogP contribution in [0.2, 0.25) is 6.32 Å². The summed E-state index contributed by atoms with van der Waals surface area (Å²) >= 11 is 0. The summed E-state index contributed by atoms with van der Waals surface area (Å²) in [6.45, 7) is 15.6. The number of nitrogens with one attached hydrogen (secondary N) is 1. The SMILES string of the molecule is C[C@H](NC(=O)OC(C)(C)C)C(=O)N1CCCC12CCC(N)(C(=O)O)C(CCCB1OC(C)(C)C(C)(C)O1)C2. The zero-order valence-electron chi connectivity index (χ0n) is 24.5. The normalized spacial score (nSPS) is 31.3. The number of nitrogens with zero attached hydrogens (tertiary/aromatic N) is 1. The number of hydrogen-bond donors (Lipinski definition) is 3. The molecule has 216 valence electrons. The Labute approximate surface area is 227 Å². The molecule has 0 aromatic heterocycles. The van der Waals surface area contributed by atoms with Gasteiger partial charge >= 0.3 is 19.2 Å². The lowest BCUT2D eigenvalue weighted by atomic mass is 9.63. The Hall–Kier alpha value is -1.85. The van der Waals surface area contributed by atoms with Gasteiger partial charge in [-0.2, -0.15) is 0 Å². The Kier molecular flexibility index (Phi) is 8.57. The fourth-order valence-corrected chi connectivity index (χ4v) is 6.18. The Bertz CT molecular complexity index is 905. The molecule has 2 saturated heterocycles. The van der Waals surface area contributed by atoms with Crippen LogP contribution in [-0.2, 0) is 23.6 Å². The molecule has 2 amide bonds. The standard InChI is InChI=1S/C27H48BN3O7/c1-18(30-22(35)36-23(2,3)4)20(32)31-16-10-12-26(31)13-14-27(29,21(33)34)19(17-26)11-9-15-28-37-24(5,6)25(7,8)38-28/h18-19H,9-17,29H2,1-8H3,(H,30,35)(H,33,34)/t18-,19?,26?,27?/m0/s1. The maximum absolute atomic E-state index is 13.5. The van der Waals surface area contributed by atoms with Gasteiger partial charge in [0, 0.05) is 12.1 Å². The average molecular weight is 538 g/mol. The smallest absolute Gasteiger partial charge is 0.457 e. The van der Waals surface area contributed by atoms with Crippen LogP contribution >= 0.6 is 0 Å². The Balaban J connectivity index is 1.69. The zero-order valence-corrected chi connectivity index (χ0v) is 24.5. The van der Waals surface area contributed by atoms with Gasteiger partial charge in [0.05, 0.1) is 11.2 Å². The number of carbonyl (C=O) groups excluding carboxylic acids is 2. The van der Waals surface area contributed by atoms with E-state index in [1.807, 2.05) is 32.6 Å². The molecule has 1 spiro atoms. The van der Waals surface area contributed by atoms with Crippen molar-refractivity contribution in [2.24, 2.45) is 11.7 Å². The first-order valence-electron chi connectivity index (χ1n) is 14.0. The summed E-state index contributed by atoms with van der Waals surface area (Å²) in [6.07, 6.45) is 4.27. The van der Waals surface area contributed by atoms with Gasteiger partial charge in [0.2, 0.25) is 5.91 Å². The molecular weight excluding hydrogens is 489 g/mol. The third-order valence-corrected chi connectivity index (χ3v) is 9.02. The molecule has 0 radical (unpaired) electrons. The third kappa shape index (κ3) is 6.31. The average Bonchev–Trinajstić information content (AvgIpc) is 3.25. The Morgan fingerprint density at radius 1 is 1.13 bits per heavy atom. The molecule has 3 aliphatic rings. The van der Waals surface area contributed by atoms with E-state index in [0.717, 1.165) is 12.8 Å². The highest BCUT2D eigenvalue weighted by molar-refractivity contribution is 6.45. The number of aliphatic carboxylic acids is 1. The first-order chi connectivity index (χ1) is 17.3. The van der Waals surface area contributed by atoms with Gasteiger partial charge in [-0.1, -0.05) is 6.42 Å². The van der Waals surface area contributed by atoms with Crippen molar-refractivity contribution >= 4 is 25.1 Å². The van der Waals surface area contributed by atoms with Crippen LogP contribution in [0.4, 0.5) is 4.79 Å². The third-order valence-electron chi connectivity index (χ3n) is 9.02. The van der Waals surface area contributed by atoms with Crippen LogP contribution in [0, 0.1) is 5.92 Å². The van der Waals surface area contributed by atoms with E-state index in [1.165, 1.54) is 0 Å². The summed E-state index contributed by atoms with van der Waals surface area (Å²) in [5, 5.41) is 12.7. The second-order valence-electron chi connectivity index (χ2n) is 13.5. The number of nitrogens with two attached hydrogens (primary N) is 1. The number of hydrogen-bond acceptors (Lipinski definition) is 7. The van der Waals surface area contributed by atoms with Gasteiger partial charge in [-0.05, 0) is 106 Å². The lowest BCUT2D eigenvalue weighted by molar-refractivity contribution is -0.151. The van der Waals surface area contributed by atoms with E-state index in [9.17, 15) is 19.5 Å². The number of alkyl carbamates (subject to hydrolysis) is 1. The van der Waals surface area contributed by atoms with E-state index in [1.54, 1.807) is 27.7 Å². The Morgan fingerprint density at radius 3 is 2.29 bits per heavy atom. The molecule has 0 bridgehead atoms. The van der Waals surface area contributed by atoms with Gasteiger partial charge in [0.1, 0.15) is 17.2 Å². The molecule has 2 heterocycles. The minimum Gasteiger partial charge on any atom is -0.480 e. The van der Waals surface area contributed by atoms with Crippen LogP contribution in [0.1, 0.15) is 100 Å². The molecule has 3 unspecified atom stereocenters. The molecule has 11 heteroatoms. The van der Waals surface area contributed by atoms with Crippen LogP contribution < -0.4 is 11.1 Å². The van der Waals surface area contributed by atoms with Crippen molar-refractivity contribution in [2.75, 3.05) is 6.54 Å². The molecule has 4 N–H and O–H groups in total. The number of carboxylic acids is 1. The van der Waals surface area contributed by atoms with Crippen molar-refractivity contribution in [3.8, 4) is 0 Å². The van der Waals surface area contributed by atoms with Gasteiger partial charge in [-0.3, -0.25) is 9.59 Å². The lowest BCUT2D eigenvalue weighted by Gasteiger charge is -2.50. The molecule has 1 saturated carbocycles. The van der Waals surface area contributed by atoms with E-state index in [2.05, 4.69) is 5.32 Å². The highest BCUT2D eigenvalue weighted by Crippen LogP contribution is 2.49. The molecule has 0 aromatic carbocycles. The van der Waals surface area contributed by atoms with Crippen molar-refractivity contribution in [1.82, 2.24) is 10.2 Å². The van der Waals surface area contributed by atoms with E-state index < -0.39 is 46.0 Å². The topological polar surface area (TPSA) is 140 Å². The number of carbonyl (C=O) groups is 3. The van der Waals surface area contributed by atoms with Crippen LogP contribution in [0.25, 0.3) is 0 Å². The first kappa shape index (κ1) is 30.7.